The first kappa shape index (κ1) is 17.2. The molecule has 2 rings (SSSR count). The first-order valence-electron chi connectivity index (χ1n) is 6.76. The van der Waals surface area contributed by atoms with Crippen molar-refractivity contribution in [2.75, 3.05) is 14.2 Å². The highest BCUT2D eigenvalue weighted by Gasteiger charge is 2.41. The molecule has 1 aliphatic carbocycles. The van der Waals surface area contributed by atoms with Gasteiger partial charge in [0.25, 0.3) is 0 Å². The highest BCUT2D eigenvalue weighted by Crippen LogP contribution is 2.35. The average Bonchev–Trinajstić information content (AvgIpc) is 2.85. The molecule has 0 aliphatic heterocycles. The van der Waals surface area contributed by atoms with E-state index in [1.807, 2.05) is 0 Å². The predicted molar refractivity (Wildman–Crippen MR) is 81.8 cm³/mol. The van der Waals surface area contributed by atoms with Gasteiger partial charge in [-0.1, -0.05) is 6.58 Å². The van der Waals surface area contributed by atoms with Gasteiger partial charge in [0.05, 0.1) is 36.6 Å². The molecule has 0 spiro atoms. The minimum atomic E-state index is -1.39. The molecule has 1 aliphatic rings. The number of Topliss-reactive ketones (excluding diaryl/α,β-unsaturated/α-hetero) is 2. The number of carboxylic acid groups (broad SMARTS) is 1. The number of ether oxygens (including phenoxy) is 2. The van der Waals surface area contributed by atoms with Gasteiger partial charge in [0.1, 0.15) is 5.69 Å². The highest BCUT2D eigenvalue weighted by atomic mass is 16.5. The van der Waals surface area contributed by atoms with Crippen LogP contribution in [0.25, 0.3) is 5.57 Å². The zero-order valence-electron chi connectivity index (χ0n) is 13.6. The number of carbonyl (C=O) groups is 4. The van der Waals surface area contributed by atoms with Crippen molar-refractivity contribution in [3.8, 4) is 0 Å². The molecule has 1 heterocycles. The molecule has 1 aromatic heterocycles. The lowest BCUT2D eigenvalue weighted by atomic mass is 9.91. The van der Waals surface area contributed by atoms with E-state index >= 15 is 0 Å². The predicted octanol–water partition coefficient (Wildman–Crippen LogP) is 1.21. The second-order valence-corrected chi connectivity index (χ2v) is 5.10. The summed E-state index contributed by atoms with van der Waals surface area (Å²) in [6.45, 7) is 4.83. The Balaban J connectivity index is 2.95. The van der Waals surface area contributed by atoms with Gasteiger partial charge in [-0.2, -0.15) is 0 Å². The Bertz CT molecular complexity index is 854. The van der Waals surface area contributed by atoms with Gasteiger partial charge in [0, 0.05) is 12.6 Å². The molecule has 126 valence electrons. The second kappa shape index (κ2) is 5.80. The number of carboxylic acids is 1. The SMILES string of the molecule is C=C(C(=O)O)c1c(C(=O)OC)c2c(n1C)C(=O)C(C)=C(OC)C2=O. The van der Waals surface area contributed by atoms with E-state index in [4.69, 9.17) is 4.74 Å². The normalized spacial score (nSPS) is 13.7. The average molecular weight is 333 g/mol. The third kappa shape index (κ3) is 2.15. The molecule has 1 N–H and O–H groups in total. The first-order chi connectivity index (χ1) is 11.2. The molecule has 8 heteroatoms. The number of esters is 1. The maximum Gasteiger partial charge on any atom is 0.340 e. The van der Waals surface area contributed by atoms with Gasteiger partial charge in [-0.25, -0.2) is 9.59 Å². The van der Waals surface area contributed by atoms with Gasteiger partial charge < -0.3 is 19.1 Å². The summed E-state index contributed by atoms with van der Waals surface area (Å²) in [6, 6.07) is 0. The quantitative estimate of drug-likeness (QED) is 0.651. The Morgan fingerprint density at radius 1 is 1.17 bits per heavy atom. The Morgan fingerprint density at radius 2 is 1.75 bits per heavy atom. The maximum absolute atomic E-state index is 12.7. The molecule has 1 aromatic rings. The van der Waals surface area contributed by atoms with Crippen LogP contribution in [-0.4, -0.2) is 47.4 Å². The molecule has 0 saturated heterocycles. The van der Waals surface area contributed by atoms with E-state index < -0.39 is 29.1 Å². The molecule has 0 saturated carbocycles. The molecule has 0 fully saturated rings. The van der Waals surface area contributed by atoms with Crippen LogP contribution >= 0.6 is 0 Å². The van der Waals surface area contributed by atoms with E-state index in [-0.39, 0.29) is 33.8 Å². The van der Waals surface area contributed by atoms with Crippen molar-refractivity contribution in [1.29, 1.82) is 0 Å². The number of rotatable bonds is 4. The van der Waals surface area contributed by atoms with Gasteiger partial charge in [0.15, 0.2) is 5.76 Å². The molecule has 24 heavy (non-hydrogen) atoms. The third-order valence-electron chi connectivity index (χ3n) is 3.86. The van der Waals surface area contributed by atoms with Crippen LogP contribution in [0.4, 0.5) is 0 Å². The third-order valence-corrected chi connectivity index (χ3v) is 3.86. The highest BCUT2D eigenvalue weighted by molar-refractivity contribution is 6.30. The van der Waals surface area contributed by atoms with Crippen molar-refractivity contribution in [2.24, 2.45) is 7.05 Å². The molecule has 0 bridgehead atoms. The van der Waals surface area contributed by atoms with E-state index in [1.165, 1.54) is 25.6 Å². The summed E-state index contributed by atoms with van der Waals surface area (Å²) in [4.78, 5) is 48.7. The van der Waals surface area contributed by atoms with Crippen LogP contribution in [-0.2, 0) is 21.3 Å². The summed E-state index contributed by atoms with van der Waals surface area (Å²) in [5, 5.41) is 9.21. The van der Waals surface area contributed by atoms with Crippen molar-refractivity contribution >= 4 is 29.1 Å². The molecule has 0 amide bonds. The van der Waals surface area contributed by atoms with Gasteiger partial charge >= 0.3 is 11.9 Å². The van der Waals surface area contributed by atoms with Crippen molar-refractivity contribution in [2.45, 2.75) is 6.92 Å². The van der Waals surface area contributed by atoms with Crippen LogP contribution in [0.15, 0.2) is 17.9 Å². The van der Waals surface area contributed by atoms with Crippen LogP contribution in [0, 0.1) is 0 Å². The molecule has 0 aromatic carbocycles. The van der Waals surface area contributed by atoms with Crippen molar-refractivity contribution < 1.29 is 33.8 Å². The second-order valence-electron chi connectivity index (χ2n) is 5.10. The Hall–Kier alpha value is -3.16. The minimum absolute atomic E-state index is 0.0690. The number of nitrogens with zero attached hydrogens (tertiary/aromatic N) is 1. The van der Waals surface area contributed by atoms with Gasteiger partial charge in [-0.05, 0) is 6.92 Å². The van der Waals surface area contributed by atoms with Crippen LogP contribution < -0.4 is 0 Å². The Morgan fingerprint density at radius 3 is 2.21 bits per heavy atom. The van der Waals surface area contributed by atoms with Crippen LogP contribution in [0.3, 0.4) is 0 Å². The van der Waals surface area contributed by atoms with Crippen LogP contribution in [0.2, 0.25) is 0 Å². The Kier molecular flexibility index (Phi) is 4.16. The number of allylic oxidation sites excluding steroid dienone is 2. The zero-order valence-corrected chi connectivity index (χ0v) is 13.6. The number of fused-ring (bicyclic) bond motifs is 1. The largest absolute Gasteiger partial charge is 0.492 e. The molecule has 8 nitrogen and oxygen atoms in total. The van der Waals surface area contributed by atoms with Crippen molar-refractivity contribution in [1.82, 2.24) is 4.57 Å². The minimum Gasteiger partial charge on any atom is -0.492 e. The molecule has 0 unspecified atom stereocenters. The van der Waals surface area contributed by atoms with Gasteiger partial charge in [-0.3, -0.25) is 9.59 Å². The monoisotopic (exact) mass is 333 g/mol. The van der Waals surface area contributed by atoms with Crippen molar-refractivity contribution in [3.63, 3.8) is 0 Å². The number of aliphatic carboxylic acids is 1. The molecular formula is C16H15NO7. The van der Waals surface area contributed by atoms with E-state index in [1.54, 1.807) is 0 Å². The number of ketones is 2. The number of methoxy groups -OCH3 is 2. The van der Waals surface area contributed by atoms with E-state index in [0.29, 0.717) is 0 Å². The van der Waals surface area contributed by atoms with E-state index in [2.05, 4.69) is 11.3 Å². The number of hydrogen-bond donors (Lipinski definition) is 1. The summed E-state index contributed by atoms with van der Waals surface area (Å²) in [5.41, 5.74) is -1.19. The van der Waals surface area contributed by atoms with Crippen LogP contribution in [0.5, 0.6) is 0 Å². The zero-order chi connectivity index (χ0) is 18.3. The fourth-order valence-electron chi connectivity index (χ4n) is 2.74. The van der Waals surface area contributed by atoms with Gasteiger partial charge in [-0.15, -0.1) is 0 Å². The summed E-state index contributed by atoms with van der Waals surface area (Å²) < 4.78 is 10.8. The number of carbonyl (C=O) groups excluding carboxylic acids is 3. The summed E-state index contributed by atoms with van der Waals surface area (Å²) >= 11 is 0. The first-order valence-corrected chi connectivity index (χ1v) is 6.76. The fraction of sp³-hybridized carbons (Fsp3) is 0.250. The van der Waals surface area contributed by atoms with E-state index in [0.717, 1.165) is 7.11 Å². The number of hydrogen-bond acceptors (Lipinski definition) is 6. The van der Waals surface area contributed by atoms with Crippen molar-refractivity contribution in [3.05, 3.63) is 40.4 Å². The maximum atomic E-state index is 12.7. The lowest BCUT2D eigenvalue weighted by molar-refractivity contribution is -0.130. The lowest BCUT2D eigenvalue weighted by Crippen LogP contribution is -2.24. The van der Waals surface area contributed by atoms with Gasteiger partial charge in [0.2, 0.25) is 11.6 Å². The Labute approximate surface area is 137 Å². The number of aromatic nitrogens is 1. The smallest absolute Gasteiger partial charge is 0.340 e. The molecular weight excluding hydrogens is 318 g/mol. The molecule has 0 radical (unpaired) electrons. The summed E-state index contributed by atoms with van der Waals surface area (Å²) in [5.74, 6) is -3.77. The van der Waals surface area contributed by atoms with Crippen LogP contribution in [0.1, 0.15) is 43.8 Å². The topological polar surface area (TPSA) is 112 Å². The summed E-state index contributed by atoms with van der Waals surface area (Å²) in [7, 11) is 3.69. The van der Waals surface area contributed by atoms with E-state index in [9.17, 15) is 24.3 Å². The lowest BCUT2D eigenvalue weighted by Gasteiger charge is -2.16. The molecule has 0 atom stereocenters. The summed E-state index contributed by atoms with van der Waals surface area (Å²) in [6.07, 6.45) is 0. The standard InChI is InChI=1S/C16H15NO7/c1-6(15(20)21)10-9(16(22)24-5)8-11(17(10)3)12(18)7(2)14(23-4)13(8)19/h1H2,2-5H3,(H,20,21). The fourth-order valence-corrected chi connectivity index (χ4v) is 2.74.